The molecule has 0 spiro atoms. The topological polar surface area (TPSA) is 8.17 Å². The Kier molecular flexibility index (Phi) is 4.89. The second-order valence-corrected chi connectivity index (χ2v) is 12.2. The van der Waals surface area contributed by atoms with E-state index >= 15 is 0 Å². The van der Waals surface area contributed by atoms with Gasteiger partial charge >= 0.3 is 0 Å². The highest BCUT2D eigenvalue weighted by Crippen LogP contribution is 2.45. The summed E-state index contributed by atoms with van der Waals surface area (Å²) in [7, 11) is 0. The van der Waals surface area contributed by atoms with Crippen molar-refractivity contribution in [2.45, 2.75) is 0 Å². The number of nitrogens with zero attached hydrogens (tertiary/aromatic N) is 2. The quantitative estimate of drug-likeness (QED) is 0.175. The SMILES string of the molecule is [2H]c1c([2H])c([2H])c(N(c2ccccc2)c2ccc(-c3ccc4ccc5c6c(ccc3c46)cc3c4ccccc4n(-c4ccccc4)c35)cc2)c([2H])c1[2H]. The van der Waals surface area contributed by atoms with Crippen LogP contribution in [0.3, 0.4) is 0 Å². The minimum atomic E-state index is -0.414. The van der Waals surface area contributed by atoms with E-state index in [1.54, 1.807) is 4.90 Å². The third-order valence-electron chi connectivity index (χ3n) is 9.59. The summed E-state index contributed by atoms with van der Waals surface area (Å²) in [5.74, 6) is 0. The molecule has 0 saturated carbocycles. The van der Waals surface area contributed by atoms with E-state index in [2.05, 4.69) is 114 Å². The van der Waals surface area contributed by atoms with Crippen LogP contribution in [0.1, 0.15) is 6.85 Å². The average molecular weight is 616 g/mol. The number of anilines is 3. The normalized spacial score (nSPS) is 13.2. The summed E-state index contributed by atoms with van der Waals surface area (Å²) in [5, 5.41) is 9.66. The first-order valence-corrected chi connectivity index (χ1v) is 16.1. The molecule has 10 rings (SSSR count). The van der Waals surface area contributed by atoms with Gasteiger partial charge in [-0.3, -0.25) is 0 Å². The van der Waals surface area contributed by atoms with Crippen molar-refractivity contribution < 1.29 is 6.85 Å². The summed E-state index contributed by atoms with van der Waals surface area (Å²) >= 11 is 0. The van der Waals surface area contributed by atoms with E-state index in [9.17, 15) is 0 Å². The molecule has 0 radical (unpaired) electrons. The van der Waals surface area contributed by atoms with Crippen molar-refractivity contribution in [1.29, 1.82) is 0 Å². The van der Waals surface area contributed by atoms with Gasteiger partial charge in [0, 0.05) is 38.9 Å². The molecule has 0 saturated heterocycles. The van der Waals surface area contributed by atoms with Crippen LogP contribution in [0.25, 0.3) is 70.9 Å². The summed E-state index contributed by atoms with van der Waals surface area (Å²) in [6, 6.07) is 50.7. The summed E-state index contributed by atoms with van der Waals surface area (Å²) in [4.78, 5) is 1.74. The van der Waals surface area contributed by atoms with Gasteiger partial charge in [-0.25, -0.2) is 0 Å². The third-order valence-corrected chi connectivity index (χ3v) is 9.59. The van der Waals surface area contributed by atoms with Crippen molar-refractivity contribution in [1.82, 2.24) is 4.57 Å². The van der Waals surface area contributed by atoms with Gasteiger partial charge < -0.3 is 9.47 Å². The van der Waals surface area contributed by atoms with Gasteiger partial charge in [0.05, 0.1) is 17.9 Å². The van der Waals surface area contributed by atoms with Crippen molar-refractivity contribution in [3.05, 3.63) is 182 Å². The number of para-hydroxylation sites is 4. The van der Waals surface area contributed by atoms with Gasteiger partial charge in [0.1, 0.15) is 0 Å². The minimum Gasteiger partial charge on any atom is -0.311 e. The first-order valence-electron chi connectivity index (χ1n) is 18.6. The number of aromatic nitrogens is 1. The molecule has 0 unspecified atom stereocenters. The van der Waals surface area contributed by atoms with Gasteiger partial charge in [-0.2, -0.15) is 0 Å². The Hall–Kier alpha value is -6.38. The Labute approximate surface area is 285 Å². The number of rotatable bonds is 5. The van der Waals surface area contributed by atoms with E-state index in [1.807, 2.05) is 42.5 Å². The molecule has 0 amide bonds. The Morgan fingerprint density at radius 3 is 1.92 bits per heavy atom. The van der Waals surface area contributed by atoms with Crippen LogP contribution in [0.5, 0.6) is 0 Å². The maximum absolute atomic E-state index is 8.76. The molecule has 10 aromatic rings. The molecule has 0 aliphatic heterocycles. The average Bonchev–Trinajstić information content (AvgIpc) is 3.55. The van der Waals surface area contributed by atoms with Crippen LogP contribution in [0, 0.1) is 0 Å². The summed E-state index contributed by atoms with van der Waals surface area (Å²) in [5.41, 5.74) is 7.11. The smallest absolute Gasteiger partial charge is 0.0645 e. The molecule has 2 heteroatoms. The molecule has 0 N–H and O–H groups in total. The van der Waals surface area contributed by atoms with Crippen molar-refractivity contribution in [2.24, 2.45) is 0 Å². The highest BCUT2D eigenvalue weighted by atomic mass is 15.1. The van der Waals surface area contributed by atoms with Gasteiger partial charge in [0.25, 0.3) is 0 Å². The lowest BCUT2D eigenvalue weighted by Crippen LogP contribution is -2.09. The van der Waals surface area contributed by atoms with Crippen LogP contribution in [-0.4, -0.2) is 4.57 Å². The van der Waals surface area contributed by atoms with E-state index in [0.29, 0.717) is 11.4 Å². The monoisotopic (exact) mass is 615 g/mol. The lowest BCUT2D eigenvalue weighted by Gasteiger charge is -2.25. The molecular formula is C46H30N2. The van der Waals surface area contributed by atoms with E-state index in [-0.39, 0.29) is 29.9 Å². The first-order chi connectivity index (χ1) is 25.9. The number of hydrogen-bond acceptors (Lipinski definition) is 1. The molecule has 1 aromatic heterocycles. The molecule has 0 aliphatic rings. The van der Waals surface area contributed by atoms with Crippen molar-refractivity contribution in [3.63, 3.8) is 0 Å². The van der Waals surface area contributed by atoms with E-state index in [4.69, 9.17) is 6.85 Å². The Morgan fingerprint density at radius 1 is 0.458 bits per heavy atom. The zero-order chi connectivity index (χ0) is 36.0. The van der Waals surface area contributed by atoms with Gasteiger partial charge in [-0.1, -0.05) is 121 Å². The predicted octanol–water partition coefficient (Wildman–Crippen LogP) is 12.8. The van der Waals surface area contributed by atoms with Crippen LogP contribution >= 0.6 is 0 Å². The molecule has 2 nitrogen and oxygen atoms in total. The molecular weight excluding hydrogens is 581 g/mol. The Morgan fingerprint density at radius 2 is 1.10 bits per heavy atom. The van der Waals surface area contributed by atoms with E-state index < -0.39 is 6.04 Å². The highest BCUT2D eigenvalue weighted by Gasteiger charge is 2.20. The standard InChI is InChI=1S/C46H30N2/c1-4-12-34(13-5-1)47(35-14-6-2-7-15-35)37-25-20-31(21-26-37)38-27-22-32-23-29-41-45-33(24-28-40(38)44(32)45)30-42-39-18-10-11-19-43(39)48(46(41)42)36-16-8-3-9-17-36/h1-30H/i1D,4D,5D,12D,13D. The van der Waals surface area contributed by atoms with E-state index in [0.717, 1.165) is 22.2 Å². The molecule has 224 valence electrons. The Bertz CT molecular complexity index is 3020. The predicted molar refractivity (Wildman–Crippen MR) is 205 cm³/mol. The fourth-order valence-electron chi connectivity index (χ4n) is 7.55. The zero-order valence-corrected chi connectivity index (χ0v) is 25.8. The van der Waals surface area contributed by atoms with Crippen LogP contribution in [0.2, 0.25) is 0 Å². The van der Waals surface area contributed by atoms with Gasteiger partial charge in [0.2, 0.25) is 0 Å². The zero-order valence-electron chi connectivity index (χ0n) is 30.8. The number of fused-ring (bicyclic) bond motifs is 4. The van der Waals surface area contributed by atoms with E-state index in [1.165, 1.54) is 48.7 Å². The van der Waals surface area contributed by atoms with Crippen molar-refractivity contribution in [3.8, 4) is 16.8 Å². The molecule has 0 fully saturated rings. The second kappa shape index (κ2) is 10.6. The largest absolute Gasteiger partial charge is 0.311 e. The van der Waals surface area contributed by atoms with Crippen LogP contribution in [0.4, 0.5) is 17.1 Å². The van der Waals surface area contributed by atoms with Gasteiger partial charge in [0.15, 0.2) is 0 Å². The minimum absolute atomic E-state index is 0.108. The van der Waals surface area contributed by atoms with Crippen molar-refractivity contribution >= 4 is 71.2 Å². The number of benzene rings is 9. The highest BCUT2D eigenvalue weighted by molar-refractivity contribution is 6.32. The lowest BCUT2D eigenvalue weighted by molar-refractivity contribution is 1.19. The fourth-order valence-corrected chi connectivity index (χ4v) is 7.55. The third kappa shape index (κ3) is 4.00. The van der Waals surface area contributed by atoms with Crippen LogP contribution < -0.4 is 4.90 Å². The summed E-state index contributed by atoms with van der Waals surface area (Å²) < 4.78 is 44.8. The molecule has 9 aromatic carbocycles. The first kappa shape index (κ1) is 22.2. The fraction of sp³-hybridized carbons (Fsp3) is 0. The molecule has 1 heterocycles. The van der Waals surface area contributed by atoms with Gasteiger partial charge in [-0.05, 0) is 98.7 Å². The van der Waals surface area contributed by atoms with Crippen molar-refractivity contribution in [2.75, 3.05) is 4.90 Å². The molecule has 0 aliphatic carbocycles. The maximum Gasteiger partial charge on any atom is 0.0645 e. The molecule has 0 bridgehead atoms. The number of hydrogen-bond donors (Lipinski definition) is 0. The second-order valence-electron chi connectivity index (χ2n) is 12.2. The summed E-state index contributed by atoms with van der Waals surface area (Å²) in [6.45, 7) is 0. The van der Waals surface area contributed by atoms with Crippen LogP contribution in [0.15, 0.2) is 182 Å². The molecule has 0 atom stereocenters. The summed E-state index contributed by atoms with van der Waals surface area (Å²) in [6.07, 6.45) is 0. The molecule has 48 heavy (non-hydrogen) atoms. The Balaban J connectivity index is 1.18. The van der Waals surface area contributed by atoms with Crippen LogP contribution in [-0.2, 0) is 0 Å². The maximum atomic E-state index is 8.76. The van der Waals surface area contributed by atoms with Gasteiger partial charge in [-0.15, -0.1) is 0 Å². The lowest BCUT2D eigenvalue weighted by atomic mass is 9.89.